The Kier molecular flexibility index (Phi) is 7.79. The summed E-state index contributed by atoms with van der Waals surface area (Å²) in [5, 5.41) is 12.4. The normalized spacial score (nSPS) is 13.0. The Hall–Kier alpha value is -2.70. The third-order valence-corrected chi connectivity index (χ3v) is 3.76. The third-order valence-electron chi connectivity index (χ3n) is 3.76. The SMILES string of the molecule is CCOCCO[C@@H](C(=O)O)[C@@H](NC(=O)c1ccccc1)c1ccccc1. The first-order chi connectivity index (χ1) is 12.6. The lowest BCUT2D eigenvalue weighted by atomic mass is 10.0. The second-order valence-electron chi connectivity index (χ2n) is 5.55. The van der Waals surface area contributed by atoms with Crippen molar-refractivity contribution < 1.29 is 24.2 Å². The summed E-state index contributed by atoms with van der Waals surface area (Å²) < 4.78 is 10.7. The van der Waals surface area contributed by atoms with Gasteiger partial charge >= 0.3 is 5.97 Å². The van der Waals surface area contributed by atoms with Crippen molar-refractivity contribution in [3.63, 3.8) is 0 Å². The van der Waals surface area contributed by atoms with Crippen LogP contribution < -0.4 is 5.32 Å². The van der Waals surface area contributed by atoms with Gasteiger partial charge in [0.25, 0.3) is 5.91 Å². The zero-order valence-corrected chi connectivity index (χ0v) is 14.6. The fourth-order valence-corrected chi connectivity index (χ4v) is 2.50. The zero-order chi connectivity index (χ0) is 18.8. The molecule has 2 N–H and O–H groups in total. The second kappa shape index (κ2) is 10.3. The van der Waals surface area contributed by atoms with Gasteiger partial charge in [0, 0.05) is 12.2 Å². The van der Waals surface area contributed by atoms with Crippen LogP contribution in [-0.4, -0.2) is 42.9 Å². The van der Waals surface area contributed by atoms with Gasteiger partial charge in [0.2, 0.25) is 0 Å². The molecule has 138 valence electrons. The van der Waals surface area contributed by atoms with Gasteiger partial charge in [-0.3, -0.25) is 4.79 Å². The number of carboxylic acid groups (broad SMARTS) is 1. The molecular formula is C20H23NO5. The van der Waals surface area contributed by atoms with E-state index in [9.17, 15) is 14.7 Å². The largest absolute Gasteiger partial charge is 0.479 e. The van der Waals surface area contributed by atoms with E-state index in [0.717, 1.165) is 0 Å². The van der Waals surface area contributed by atoms with Crippen molar-refractivity contribution in [2.45, 2.75) is 19.1 Å². The summed E-state index contributed by atoms with van der Waals surface area (Å²) in [7, 11) is 0. The average Bonchev–Trinajstić information content (AvgIpc) is 2.67. The summed E-state index contributed by atoms with van der Waals surface area (Å²) in [4.78, 5) is 24.3. The molecule has 0 heterocycles. The van der Waals surface area contributed by atoms with E-state index in [4.69, 9.17) is 9.47 Å². The summed E-state index contributed by atoms with van der Waals surface area (Å²) in [6.45, 7) is 2.78. The minimum Gasteiger partial charge on any atom is -0.479 e. The minimum atomic E-state index is -1.23. The van der Waals surface area contributed by atoms with Gasteiger partial charge in [0.15, 0.2) is 6.10 Å². The van der Waals surface area contributed by atoms with Crippen LogP contribution >= 0.6 is 0 Å². The molecule has 6 nitrogen and oxygen atoms in total. The molecule has 0 aliphatic carbocycles. The van der Waals surface area contributed by atoms with Crippen molar-refractivity contribution in [3.8, 4) is 0 Å². The van der Waals surface area contributed by atoms with E-state index in [1.165, 1.54) is 0 Å². The monoisotopic (exact) mass is 357 g/mol. The smallest absolute Gasteiger partial charge is 0.335 e. The first-order valence-corrected chi connectivity index (χ1v) is 8.46. The van der Waals surface area contributed by atoms with Crippen LogP contribution in [0.3, 0.4) is 0 Å². The van der Waals surface area contributed by atoms with Crippen LogP contribution in [0.15, 0.2) is 60.7 Å². The van der Waals surface area contributed by atoms with Crippen LogP contribution in [0.5, 0.6) is 0 Å². The fourth-order valence-electron chi connectivity index (χ4n) is 2.50. The molecule has 0 saturated carbocycles. The molecule has 0 aromatic heterocycles. The van der Waals surface area contributed by atoms with E-state index in [-0.39, 0.29) is 19.1 Å². The van der Waals surface area contributed by atoms with E-state index in [1.807, 2.05) is 19.1 Å². The van der Waals surface area contributed by atoms with Crippen LogP contribution in [0, 0.1) is 0 Å². The molecular weight excluding hydrogens is 334 g/mol. The number of ether oxygens (including phenoxy) is 2. The highest BCUT2D eigenvalue weighted by molar-refractivity contribution is 5.94. The van der Waals surface area contributed by atoms with Crippen molar-refractivity contribution in [1.29, 1.82) is 0 Å². The molecule has 0 fully saturated rings. The van der Waals surface area contributed by atoms with Gasteiger partial charge in [0.1, 0.15) is 0 Å². The van der Waals surface area contributed by atoms with Gasteiger partial charge in [-0.15, -0.1) is 0 Å². The number of carboxylic acids is 1. The number of hydrogen-bond acceptors (Lipinski definition) is 4. The molecule has 2 aromatic carbocycles. The molecule has 2 atom stereocenters. The lowest BCUT2D eigenvalue weighted by Gasteiger charge is -2.26. The van der Waals surface area contributed by atoms with Gasteiger partial charge in [-0.2, -0.15) is 0 Å². The predicted molar refractivity (Wildman–Crippen MR) is 97.0 cm³/mol. The zero-order valence-electron chi connectivity index (χ0n) is 14.6. The second-order valence-corrected chi connectivity index (χ2v) is 5.55. The number of hydrogen-bond donors (Lipinski definition) is 2. The van der Waals surface area contributed by atoms with E-state index >= 15 is 0 Å². The van der Waals surface area contributed by atoms with Crippen molar-refractivity contribution in [3.05, 3.63) is 71.8 Å². The van der Waals surface area contributed by atoms with E-state index in [1.54, 1.807) is 48.5 Å². The standard InChI is InChI=1S/C20H23NO5/c1-2-25-13-14-26-18(20(23)24)17(15-9-5-3-6-10-15)21-19(22)16-11-7-4-8-12-16/h3-12,17-18H,2,13-14H2,1H3,(H,21,22)(H,23,24)/t17-,18+/m0/s1. The Balaban J connectivity index is 2.21. The average molecular weight is 357 g/mol. The number of carbonyl (C=O) groups excluding carboxylic acids is 1. The summed E-state index contributed by atoms with van der Waals surface area (Å²) in [6.07, 6.45) is -1.23. The maximum absolute atomic E-state index is 12.5. The molecule has 0 bridgehead atoms. The van der Waals surface area contributed by atoms with E-state index < -0.39 is 18.1 Å². The van der Waals surface area contributed by atoms with Crippen LogP contribution in [0.2, 0.25) is 0 Å². The maximum Gasteiger partial charge on any atom is 0.335 e. The maximum atomic E-state index is 12.5. The summed E-state index contributed by atoms with van der Waals surface area (Å²) in [5.74, 6) is -1.51. The molecule has 2 rings (SSSR count). The lowest BCUT2D eigenvalue weighted by molar-refractivity contribution is -0.153. The Morgan fingerprint density at radius 2 is 1.62 bits per heavy atom. The molecule has 2 aromatic rings. The molecule has 0 aliphatic heterocycles. The van der Waals surface area contributed by atoms with Crippen molar-refractivity contribution in [2.24, 2.45) is 0 Å². The number of amides is 1. The fraction of sp³-hybridized carbons (Fsp3) is 0.300. The van der Waals surface area contributed by atoms with E-state index in [2.05, 4.69) is 5.32 Å². The highest BCUT2D eigenvalue weighted by atomic mass is 16.5. The first kappa shape index (κ1) is 19.6. The van der Waals surface area contributed by atoms with Gasteiger partial charge in [-0.05, 0) is 24.6 Å². The van der Waals surface area contributed by atoms with Crippen molar-refractivity contribution in [1.82, 2.24) is 5.32 Å². The Morgan fingerprint density at radius 1 is 1.00 bits per heavy atom. The topological polar surface area (TPSA) is 84.9 Å². The van der Waals surface area contributed by atoms with E-state index in [0.29, 0.717) is 17.7 Å². The van der Waals surface area contributed by atoms with Crippen LogP contribution in [0.25, 0.3) is 0 Å². The number of benzene rings is 2. The third kappa shape index (κ3) is 5.68. The van der Waals surface area contributed by atoms with Crippen LogP contribution in [-0.2, 0) is 14.3 Å². The van der Waals surface area contributed by atoms with Crippen LogP contribution in [0.4, 0.5) is 0 Å². The summed E-state index contributed by atoms with van der Waals surface area (Å²) >= 11 is 0. The molecule has 0 unspecified atom stereocenters. The van der Waals surface area contributed by atoms with Crippen molar-refractivity contribution in [2.75, 3.05) is 19.8 Å². The Labute approximate surface area is 152 Å². The highest BCUT2D eigenvalue weighted by Gasteiger charge is 2.32. The predicted octanol–water partition coefficient (Wildman–Crippen LogP) is 2.66. The number of carbonyl (C=O) groups is 2. The molecule has 0 saturated heterocycles. The van der Waals surface area contributed by atoms with Gasteiger partial charge in [0.05, 0.1) is 19.3 Å². The Bertz CT molecular complexity index is 690. The van der Waals surface area contributed by atoms with Gasteiger partial charge < -0.3 is 19.9 Å². The Morgan fingerprint density at radius 3 is 2.19 bits per heavy atom. The molecule has 1 amide bonds. The number of rotatable bonds is 10. The number of aliphatic carboxylic acids is 1. The molecule has 0 aliphatic rings. The van der Waals surface area contributed by atoms with Crippen LogP contribution in [0.1, 0.15) is 28.9 Å². The molecule has 0 radical (unpaired) electrons. The number of nitrogens with one attached hydrogen (secondary N) is 1. The molecule has 0 spiro atoms. The minimum absolute atomic E-state index is 0.120. The lowest BCUT2D eigenvalue weighted by Crippen LogP contribution is -2.42. The molecule has 6 heteroatoms. The summed E-state index contributed by atoms with van der Waals surface area (Å²) in [5.41, 5.74) is 1.10. The van der Waals surface area contributed by atoms with Gasteiger partial charge in [-0.25, -0.2) is 4.79 Å². The van der Waals surface area contributed by atoms with Gasteiger partial charge in [-0.1, -0.05) is 48.5 Å². The molecule has 26 heavy (non-hydrogen) atoms. The quantitative estimate of drug-likeness (QED) is 0.639. The first-order valence-electron chi connectivity index (χ1n) is 8.46. The summed E-state index contributed by atoms with van der Waals surface area (Å²) in [6, 6.07) is 16.7. The van der Waals surface area contributed by atoms with Crippen molar-refractivity contribution >= 4 is 11.9 Å². The highest BCUT2D eigenvalue weighted by Crippen LogP contribution is 2.21.